The van der Waals surface area contributed by atoms with Crippen LogP contribution in [0.5, 0.6) is 0 Å². The molecule has 0 radical (unpaired) electrons. The summed E-state index contributed by atoms with van der Waals surface area (Å²) in [5.41, 5.74) is 4.79. The van der Waals surface area contributed by atoms with Crippen molar-refractivity contribution in [2.75, 3.05) is 20.1 Å². The minimum Gasteiger partial charge on any atom is -0.344 e. The van der Waals surface area contributed by atoms with Gasteiger partial charge in [-0.25, -0.2) is 4.98 Å². The first kappa shape index (κ1) is 18.9. The lowest BCUT2D eigenvalue weighted by Gasteiger charge is -2.14. The zero-order valence-corrected chi connectivity index (χ0v) is 16.1. The highest BCUT2D eigenvalue weighted by Crippen LogP contribution is 2.30. The van der Waals surface area contributed by atoms with Gasteiger partial charge in [0.2, 0.25) is 0 Å². The van der Waals surface area contributed by atoms with Gasteiger partial charge in [-0.1, -0.05) is 11.6 Å². The quantitative estimate of drug-likeness (QED) is 0.679. The van der Waals surface area contributed by atoms with E-state index in [1.54, 1.807) is 0 Å². The minimum absolute atomic E-state index is 0.547. The van der Waals surface area contributed by atoms with Gasteiger partial charge >= 0.3 is 6.18 Å². The summed E-state index contributed by atoms with van der Waals surface area (Å²) in [6, 6.07) is 6.51. The minimum atomic E-state index is -4.45. The second-order valence-corrected chi connectivity index (χ2v) is 7.54. The molecule has 0 N–H and O–H groups in total. The molecule has 0 fully saturated rings. The van der Waals surface area contributed by atoms with Gasteiger partial charge in [0.25, 0.3) is 0 Å². The summed E-state index contributed by atoms with van der Waals surface area (Å²) in [5, 5.41) is 1.30. The highest BCUT2D eigenvalue weighted by molar-refractivity contribution is 5.86. The van der Waals surface area contributed by atoms with Crippen LogP contribution >= 0.6 is 0 Å². The molecule has 0 spiro atoms. The topological polar surface area (TPSA) is 34.0 Å². The summed E-state index contributed by atoms with van der Waals surface area (Å²) >= 11 is 0. The largest absolute Gasteiger partial charge is 0.434 e. The molecule has 3 aromatic rings. The molecular weight excluding hydrogens is 365 g/mol. The molecule has 4 rings (SSSR count). The van der Waals surface area contributed by atoms with E-state index in [0.29, 0.717) is 18.7 Å². The molecular formula is C21H23F3N4. The third kappa shape index (κ3) is 3.63. The average Bonchev–Trinajstić information content (AvgIpc) is 2.79. The molecule has 0 saturated heterocycles. The van der Waals surface area contributed by atoms with Gasteiger partial charge < -0.3 is 9.47 Å². The van der Waals surface area contributed by atoms with E-state index < -0.39 is 11.9 Å². The number of hydrogen-bond acceptors (Lipinski definition) is 3. The van der Waals surface area contributed by atoms with Gasteiger partial charge in [-0.15, -0.1) is 0 Å². The standard InChI is InChI=1S/C21H23F3N4/c1-14-3-4-18-17(11-14)16-6-8-27(2)9-7-19(16)28(18)10-5-15-12-26-20(13-25-15)21(22,23)24/h3-4,11-13H,5-10H2,1-2H3. The third-order valence-corrected chi connectivity index (χ3v) is 5.50. The Labute approximate surface area is 162 Å². The van der Waals surface area contributed by atoms with E-state index in [9.17, 15) is 13.2 Å². The number of likely N-dealkylation sites (N-methyl/N-ethyl adjacent to an activating group) is 1. The van der Waals surface area contributed by atoms with Crippen molar-refractivity contribution in [2.45, 2.75) is 38.9 Å². The van der Waals surface area contributed by atoms with Crippen molar-refractivity contribution in [3.05, 3.63) is 58.8 Å². The van der Waals surface area contributed by atoms with Crippen molar-refractivity contribution < 1.29 is 13.2 Å². The number of alkyl halides is 3. The molecule has 7 heteroatoms. The Balaban J connectivity index is 1.65. The van der Waals surface area contributed by atoms with Crippen LogP contribution in [-0.4, -0.2) is 39.6 Å². The molecule has 1 aromatic carbocycles. The van der Waals surface area contributed by atoms with Crippen LogP contribution in [-0.2, 0) is 32.0 Å². The molecule has 0 unspecified atom stereocenters. The first-order valence-electron chi connectivity index (χ1n) is 9.50. The Morgan fingerprint density at radius 1 is 1.07 bits per heavy atom. The van der Waals surface area contributed by atoms with Crippen molar-refractivity contribution in [1.82, 2.24) is 19.4 Å². The Kier molecular flexibility index (Phi) is 4.87. The maximum atomic E-state index is 12.7. The van der Waals surface area contributed by atoms with Crippen LogP contribution in [0.2, 0.25) is 0 Å². The number of rotatable bonds is 3. The van der Waals surface area contributed by atoms with E-state index in [1.165, 1.54) is 33.9 Å². The summed E-state index contributed by atoms with van der Waals surface area (Å²) in [4.78, 5) is 9.85. The maximum absolute atomic E-state index is 12.7. The van der Waals surface area contributed by atoms with Crippen molar-refractivity contribution in [1.29, 1.82) is 0 Å². The monoisotopic (exact) mass is 388 g/mol. The van der Waals surface area contributed by atoms with E-state index >= 15 is 0 Å². The number of fused-ring (bicyclic) bond motifs is 3. The summed E-state index contributed by atoms with van der Waals surface area (Å²) in [5.74, 6) is 0. The number of hydrogen-bond donors (Lipinski definition) is 0. The maximum Gasteiger partial charge on any atom is 0.434 e. The van der Waals surface area contributed by atoms with E-state index in [-0.39, 0.29) is 0 Å². The van der Waals surface area contributed by atoms with Gasteiger partial charge in [0.15, 0.2) is 5.69 Å². The molecule has 0 saturated carbocycles. The van der Waals surface area contributed by atoms with Crippen LogP contribution in [0.4, 0.5) is 13.2 Å². The van der Waals surface area contributed by atoms with E-state index in [4.69, 9.17) is 0 Å². The van der Waals surface area contributed by atoms with Crippen molar-refractivity contribution in [3.8, 4) is 0 Å². The Hall–Kier alpha value is -2.41. The highest BCUT2D eigenvalue weighted by atomic mass is 19.4. The molecule has 28 heavy (non-hydrogen) atoms. The van der Waals surface area contributed by atoms with Crippen LogP contribution in [0.25, 0.3) is 10.9 Å². The Morgan fingerprint density at radius 2 is 1.86 bits per heavy atom. The van der Waals surface area contributed by atoms with Gasteiger partial charge in [0.05, 0.1) is 11.9 Å². The second kappa shape index (κ2) is 7.20. The van der Waals surface area contributed by atoms with Crippen LogP contribution in [0, 0.1) is 6.92 Å². The zero-order chi connectivity index (χ0) is 19.9. The summed E-state index contributed by atoms with van der Waals surface area (Å²) in [6.07, 6.45) is 0.138. The number of aryl methyl sites for hydroxylation is 3. The number of nitrogens with zero attached hydrogens (tertiary/aromatic N) is 4. The molecule has 3 heterocycles. The third-order valence-electron chi connectivity index (χ3n) is 5.50. The van der Waals surface area contributed by atoms with Gasteiger partial charge in [0, 0.05) is 55.3 Å². The lowest BCUT2D eigenvalue weighted by atomic mass is 10.1. The fourth-order valence-electron chi connectivity index (χ4n) is 3.98. The molecule has 2 aromatic heterocycles. The number of benzene rings is 1. The van der Waals surface area contributed by atoms with Crippen LogP contribution in [0.15, 0.2) is 30.6 Å². The van der Waals surface area contributed by atoms with Crippen LogP contribution in [0.1, 0.15) is 28.2 Å². The number of halogens is 3. The van der Waals surface area contributed by atoms with Crippen LogP contribution < -0.4 is 0 Å². The molecule has 0 atom stereocenters. The van der Waals surface area contributed by atoms with Gasteiger partial charge in [-0.2, -0.15) is 13.2 Å². The van der Waals surface area contributed by atoms with E-state index in [1.807, 2.05) is 0 Å². The van der Waals surface area contributed by atoms with Crippen molar-refractivity contribution >= 4 is 10.9 Å². The highest BCUT2D eigenvalue weighted by Gasteiger charge is 2.32. The summed E-state index contributed by atoms with van der Waals surface area (Å²) < 4.78 is 40.4. The fourth-order valence-corrected chi connectivity index (χ4v) is 3.98. The van der Waals surface area contributed by atoms with Gasteiger partial charge in [-0.05, 0) is 38.1 Å². The molecule has 1 aliphatic rings. The predicted octanol–water partition coefficient (Wildman–Crippen LogP) is 4.03. The fraction of sp³-hybridized carbons (Fsp3) is 0.429. The summed E-state index contributed by atoms with van der Waals surface area (Å²) in [6.45, 7) is 4.81. The smallest absolute Gasteiger partial charge is 0.344 e. The van der Waals surface area contributed by atoms with Crippen LogP contribution in [0.3, 0.4) is 0 Å². The molecule has 0 aliphatic carbocycles. The molecule has 4 nitrogen and oxygen atoms in total. The zero-order valence-electron chi connectivity index (χ0n) is 16.1. The predicted molar refractivity (Wildman–Crippen MR) is 102 cm³/mol. The molecule has 148 valence electrons. The Bertz CT molecular complexity index is 990. The molecule has 0 amide bonds. The molecule has 0 bridgehead atoms. The average molecular weight is 388 g/mol. The Morgan fingerprint density at radius 3 is 2.57 bits per heavy atom. The van der Waals surface area contributed by atoms with Crippen molar-refractivity contribution in [2.24, 2.45) is 0 Å². The van der Waals surface area contributed by atoms with E-state index in [2.05, 4.69) is 51.6 Å². The normalized spacial score (nSPS) is 15.6. The first-order chi connectivity index (χ1) is 13.3. The second-order valence-electron chi connectivity index (χ2n) is 7.54. The number of aromatic nitrogens is 3. The van der Waals surface area contributed by atoms with Gasteiger partial charge in [0.1, 0.15) is 0 Å². The summed E-state index contributed by atoms with van der Waals surface area (Å²) in [7, 11) is 2.14. The van der Waals surface area contributed by atoms with Gasteiger partial charge in [-0.3, -0.25) is 4.98 Å². The lowest BCUT2D eigenvalue weighted by Crippen LogP contribution is -2.21. The van der Waals surface area contributed by atoms with E-state index in [0.717, 1.165) is 32.1 Å². The first-order valence-corrected chi connectivity index (χ1v) is 9.50. The SMILES string of the molecule is Cc1ccc2c(c1)c1c(n2CCc2cnc(C(F)(F)F)cn2)CCN(C)CC1. The molecule has 1 aliphatic heterocycles. The van der Waals surface area contributed by atoms with Crippen molar-refractivity contribution in [3.63, 3.8) is 0 Å². The lowest BCUT2D eigenvalue weighted by molar-refractivity contribution is -0.141.